The lowest BCUT2D eigenvalue weighted by atomic mass is 10.1. The third-order valence-electron chi connectivity index (χ3n) is 2.43. The first-order valence-corrected chi connectivity index (χ1v) is 6.42. The van der Waals surface area contributed by atoms with Crippen LogP contribution in [0.4, 0.5) is 18.9 Å². The van der Waals surface area contributed by atoms with Gasteiger partial charge >= 0.3 is 12.1 Å². The first kappa shape index (κ1) is 17.3. The number of benzene rings is 1. The normalized spacial score (nSPS) is 11.7. The summed E-state index contributed by atoms with van der Waals surface area (Å²) in [7, 11) is 0. The third kappa shape index (κ3) is 6.03. The molecule has 0 heterocycles. The molecule has 1 aromatic carbocycles. The molecule has 7 heteroatoms. The summed E-state index contributed by atoms with van der Waals surface area (Å²) in [5, 5.41) is 0. The van der Waals surface area contributed by atoms with Gasteiger partial charge in [-0.05, 0) is 24.1 Å². The number of anilines is 1. The second-order valence-corrected chi connectivity index (χ2v) is 4.95. The number of carbonyl (C=O) groups excluding carboxylic acids is 1. The number of esters is 1. The number of carbonyl (C=O) groups is 1. The molecule has 0 aliphatic carbocycles. The molecule has 21 heavy (non-hydrogen) atoms. The molecule has 1 rings (SSSR count). The topological polar surface area (TPSA) is 61.5 Å². The zero-order chi connectivity index (χ0) is 16.0. The highest BCUT2D eigenvalue weighted by molar-refractivity contribution is 5.90. The predicted molar refractivity (Wildman–Crippen MR) is 71.8 cm³/mol. The first-order valence-electron chi connectivity index (χ1n) is 6.42. The largest absolute Gasteiger partial charge is 0.460 e. The second kappa shape index (κ2) is 7.31. The number of halogens is 3. The summed E-state index contributed by atoms with van der Waals surface area (Å²) in [5.74, 6) is -0.509. The number of hydrogen-bond acceptors (Lipinski definition) is 4. The van der Waals surface area contributed by atoms with Gasteiger partial charge < -0.3 is 15.2 Å². The van der Waals surface area contributed by atoms with Crippen molar-refractivity contribution in [3.63, 3.8) is 0 Å². The molecule has 118 valence electrons. The maximum atomic E-state index is 12.6. The van der Waals surface area contributed by atoms with E-state index in [9.17, 15) is 18.0 Å². The zero-order valence-electron chi connectivity index (χ0n) is 11.9. The maximum absolute atomic E-state index is 12.6. The SMILES string of the molecule is CC(C)COCCOC(=O)c1cc(N)cc(C(F)(F)F)c1. The van der Waals surface area contributed by atoms with E-state index >= 15 is 0 Å². The van der Waals surface area contributed by atoms with Crippen LogP contribution in [-0.2, 0) is 15.7 Å². The molecule has 0 saturated heterocycles. The average molecular weight is 305 g/mol. The van der Waals surface area contributed by atoms with Crippen molar-refractivity contribution < 1.29 is 27.4 Å². The molecule has 0 aromatic heterocycles. The fraction of sp³-hybridized carbons (Fsp3) is 0.500. The molecule has 0 saturated carbocycles. The van der Waals surface area contributed by atoms with E-state index in [4.69, 9.17) is 15.2 Å². The number of nitrogens with two attached hydrogens (primary N) is 1. The maximum Gasteiger partial charge on any atom is 0.416 e. The van der Waals surface area contributed by atoms with Gasteiger partial charge in [0.15, 0.2) is 0 Å². The fourth-order valence-corrected chi connectivity index (χ4v) is 1.53. The van der Waals surface area contributed by atoms with Crippen molar-refractivity contribution in [2.75, 3.05) is 25.6 Å². The quantitative estimate of drug-likeness (QED) is 0.498. The van der Waals surface area contributed by atoms with Gasteiger partial charge in [-0.1, -0.05) is 13.8 Å². The molecule has 0 aliphatic heterocycles. The standard InChI is InChI=1S/C14H18F3NO3/c1-9(2)8-20-3-4-21-13(19)10-5-11(14(15,16)17)7-12(18)6-10/h5-7,9H,3-4,8,18H2,1-2H3. The number of ether oxygens (including phenoxy) is 2. The van der Waals surface area contributed by atoms with Crippen LogP contribution in [0.25, 0.3) is 0 Å². The van der Waals surface area contributed by atoms with E-state index < -0.39 is 17.7 Å². The summed E-state index contributed by atoms with van der Waals surface area (Å²) in [6.45, 7) is 4.63. The molecular weight excluding hydrogens is 287 g/mol. The van der Waals surface area contributed by atoms with E-state index in [1.54, 1.807) is 0 Å². The number of nitrogen functional groups attached to an aromatic ring is 1. The van der Waals surface area contributed by atoms with E-state index in [1.165, 1.54) is 0 Å². The number of alkyl halides is 3. The molecular formula is C14H18F3NO3. The molecule has 4 nitrogen and oxygen atoms in total. The first-order chi connectivity index (χ1) is 9.70. The zero-order valence-corrected chi connectivity index (χ0v) is 11.9. The molecule has 0 amide bonds. The lowest BCUT2D eigenvalue weighted by Gasteiger charge is -2.11. The predicted octanol–water partition coefficient (Wildman–Crippen LogP) is 3.12. The summed E-state index contributed by atoms with van der Waals surface area (Å²) in [5.41, 5.74) is 4.01. The van der Waals surface area contributed by atoms with Crippen LogP contribution in [0, 0.1) is 5.92 Å². The third-order valence-corrected chi connectivity index (χ3v) is 2.43. The molecule has 0 atom stereocenters. The smallest absolute Gasteiger partial charge is 0.416 e. The minimum atomic E-state index is -4.56. The monoisotopic (exact) mass is 305 g/mol. The number of rotatable bonds is 6. The Bertz CT molecular complexity index is 487. The van der Waals surface area contributed by atoms with Crippen molar-refractivity contribution in [1.29, 1.82) is 0 Å². The van der Waals surface area contributed by atoms with Crippen LogP contribution in [-0.4, -0.2) is 25.8 Å². The van der Waals surface area contributed by atoms with Gasteiger partial charge in [-0.15, -0.1) is 0 Å². The van der Waals surface area contributed by atoms with Crippen molar-refractivity contribution >= 4 is 11.7 Å². The van der Waals surface area contributed by atoms with E-state index in [2.05, 4.69) is 0 Å². The van der Waals surface area contributed by atoms with Crippen LogP contribution < -0.4 is 5.73 Å². The van der Waals surface area contributed by atoms with Gasteiger partial charge in [-0.3, -0.25) is 0 Å². The van der Waals surface area contributed by atoms with Crippen LogP contribution in [0.1, 0.15) is 29.8 Å². The van der Waals surface area contributed by atoms with Gasteiger partial charge in [0.1, 0.15) is 6.61 Å². The Morgan fingerprint density at radius 2 is 1.90 bits per heavy atom. The number of hydrogen-bond donors (Lipinski definition) is 1. The highest BCUT2D eigenvalue weighted by Crippen LogP contribution is 2.31. The Morgan fingerprint density at radius 1 is 1.24 bits per heavy atom. The van der Waals surface area contributed by atoms with Crippen molar-refractivity contribution in [3.8, 4) is 0 Å². The lowest BCUT2D eigenvalue weighted by Crippen LogP contribution is -2.14. The minimum absolute atomic E-state index is 0.0261. The Balaban J connectivity index is 2.60. The molecule has 1 aromatic rings. The van der Waals surface area contributed by atoms with Crippen molar-refractivity contribution in [2.24, 2.45) is 5.92 Å². The van der Waals surface area contributed by atoms with Gasteiger partial charge in [0.25, 0.3) is 0 Å². The summed E-state index contributed by atoms with van der Waals surface area (Å²) >= 11 is 0. The van der Waals surface area contributed by atoms with E-state index in [-0.39, 0.29) is 24.5 Å². The highest BCUT2D eigenvalue weighted by atomic mass is 19.4. The summed E-state index contributed by atoms with van der Waals surface area (Å²) in [4.78, 5) is 11.7. The van der Waals surface area contributed by atoms with E-state index in [1.807, 2.05) is 13.8 Å². The molecule has 0 aliphatic rings. The second-order valence-electron chi connectivity index (χ2n) is 4.95. The molecule has 0 unspecified atom stereocenters. The molecule has 0 bridgehead atoms. The van der Waals surface area contributed by atoms with E-state index in [0.717, 1.165) is 12.1 Å². The molecule has 0 radical (unpaired) electrons. The van der Waals surface area contributed by atoms with Gasteiger partial charge in [0.2, 0.25) is 0 Å². The van der Waals surface area contributed by atoms with Gasteiger partial charge in [-0.2, -0.15) is 13.2 Å². The highest BCUT2D eigenvalue weighted by Gasteiger charge is 2.31. The lowest BCUT2D eigenvalue weighted by molar-refractivity contribution is -0.137. The molecule has 0 fully saturated rings. The summed E-state index contributed by atoms with van der Waals surface area (Å²) in [6, 6.07) is 2.63. The molecule has 2 N–H and O–H groups in total. The Labute approximate surface area is 121 Å². The van der Waals surface area contributed by atoms with Crippen LogP contribution >= 0.6 is 0 Å². The minimum Gasteiger partial charge on any atom is -0.460 e. The Hall–Kier alpha value is -1.76. The molecule has 0 spiro atoms. The van der Waals surface area contributed by atoms with E-state index in [0.29, 0.717) is 18.6 Å². The van der Waals surface area contributed by atoms with Crippen LogP contribution in [0.2, 0.25) is 0 Å². The van der Waals surface area contributed by atoms with Crippen LogP contribution in [0.15, 0.2) is 18.2 Å². The van der Waals surface area contributed by atoms with Crippen molar-refractivity contribution in [2.45, 2.75) is 20.0 Å². The summed E-state index contributed by atoms with van der Waals surface area (Å²) in [6.07, 6.45) is -4.56. The summed E-state index contributed by atoms with van der Waals surface area (Å²) < 4.78 is 47.9. The Morgan fingerprint density at radius 3 is 2.48 bits per heavy atom. The van der Waals surface area contributed by atoms with Gasteiger partial charge in [0.05, 0.1) is 17.7 Å². The van der Waals surface area contributed by atoms with Crippen LogP contribution in [0.3, 0.4) is 0 Å². The fourth-order valence-electron chi connectivity index (χ4n) is 1.53. The van der Waals surface area contributed by atoms with Crippen LogP contribution in [0.5, 0.6) is 0 Å². The Kier molecular flexibility index (Phi) is 6.02. The van der Waals surface area contributed by atoms with Gasteiger partial charge in [0, 0.05) is 12.3 Å². The van der Waals surface area contributed by atoms with Crippen molar-refractivity contribution in [3.05, 3.63) is 29.3 Å². The van der Waals surface area contributed by atoms with Crippen molar-refractivity contribution in [1.82, 2.24) is 0 Å². The van der Waals surface area contributed by atoms with Gasteiger partial charge in [-0.25, -0.2) is 4.79 Å². The average Bonchev–Trinajstić information content (AvgIpc) is 2.36.